The van der Waals surface area contributed by atoms with E-state index >= 15 is 0 Å². The van der Waals surface area contributed by atoms with Gasteiger partial charge in [-0.05, 0) is 19.1 Å². The Bertz CT molecular complexity index is 263. The van der Waals surface area contributed by atoms with Gasteiger partial charge in [-0.1, -0.05) is 0 Å². The molecule has 14 heavy (non-hydrogen) atoms. The third kappa shape index (κ3) is 3.27. The maximum atomic E-state index is 8.98. The van der Waals surface area contributed by atoms with E-state index in [2.05, 4.69) is 15.5 Å². The van der Waals surface area contributed by atoms with Gasteiger partial charge in [0.25, 0.3) is 0 Å². The molecule has 0 bridgehead atoms. The van der Waals surface area contributed by atoms with E-state index in [1.807, 2.05) is 19.1 Å². The van der Waals surface area contributed by atoms with E-state index in [-0.39, 0.29) is 12.6 Å². The molecule has 0 aliphatic rings. The Morgan fingerprint density at radius 1 is 1.50 bits per heavy atom. The van der Waals surface area contributed by atoms with Crippen LogP contribution < -0.4 is 5.32 Å². The summed E-state index contributed by atoms with van der Waals surface area (Å²) >= 11 is 0. The topological polar surface area (TPSA) is 67.3 Å². The van der Waals surface area contributed by atoms with Crippen LogP contribution in [0.2, 0.25) is 0 Å². The standard InChI is InChI=1S/C9H15N3O2/c1-7-3-4-9(12-11-7)10-8(5-13)6-14-2/h3-4,8,13H,5-6H2,1-2H3,(H,10,12). The zero-order chi connectivity index (χ0) is 10.4. The van der Waals surface area contributed by atoms with Gasteiger partial charge in [-0.15, -0.1) is 5.10 Å². The average molecular weight is 197 g/mol. The van der Waals surface area contributed by atoms with Crippen LogP contribution in [0.5, 0.6) is 0 Å². The van der Waals surface area contributed by atoms with Crippen molar-refractivity contribution in [2.45, 2.75) is 13.0 Å². The van der Waals surface area contributed by atoms with Gasteiger partial charge in [0.05, 0.1) is 24.9 Å². The first-order chi connectivity index (χ1) is 6.76. The Labute approximate surface area is 83.1 Å². The van der Waals surface area contributed by atoms with Crippen molar-refractivity contribution < 1.29 is 9.84 Å². The van der Waals surface area contributed by atoms with Gasteiger partial charge >= 0.3 is 0 Å². The predicted octanol–water partition coefficient (Wildman–Crippen LogP) is 0.204. The number of hydrogen-bond donors (Lipinski definition) is 2. The number of aliphatic hydroxyl groups is 1. The number of ether oxygens (including phenoxy) is 1. The molecule has 1 atom stereocenters. The first-order valence-corrected chi connectivity index (χ1v) is 4.43. The maximum absolute atomic E-state index is 8.98. The van der Waals surface area contributed by atoms with Gasteiger partial charge in [-0.25, -0.2) is 0 Å². The van der Waals surface area contributed by atoms with E-state index in [4.69, 9.17) is 9.84 Å². The Morgan fingerprint density at radius 2 is 2.29 bits per heavy atom. The molecule has 1 aromatic heterocycles. The summed E-state index contributed by atoms with van der Waals surface area (Å²) < 4.78 is 4.92. The highest BCUT2D eigenvalue weighted by Crippen LogP contribution is 2.03. The monoisotopic (exact) mass is 197 g/mol. The lowest BCUT2D eigenvalue weighted by Crippen LogP contribution is -2.29. The van der Waals surface area contributed by atoms with E-state index < -0.39 is 0 Å². The molecule has 5 heteroatoms. The van der Waals surface area contributed by atoms with Crippen LogP contribution in [0.1, 0.15) is 5.69 Å². The van der Waals surface area contributed by atoms with E-state index in [9.17, 15) is 0 Å². The number of aromatic nitrogens is 2. The number of hydrogen-bond acceptors (Lipinski definition) is 5. The minimum atomic E-state index is -0.142. The summed E-state index contributed by atoms with van der Waals surface area (Å²) in [6.07, 6.45) is 0. The van der Waals surface area contributed by atoms with Gasteiger partial charge in [0.15, 0.2) is 0 Å². The molecule has 2 N–H and O–H groups in total. The van der Waals surface area contributed by atoms with E-state index in [1.165, 1.54) is 0 Å². The van der Waals surface area contributed by atoms with Crippen molar-refractivity contribution in [2.24, 2.45) is 0 Å². The van der Waals surface area contributed by atoms with Gasteiger partial charge in [0.2, 0.25) is 0 Å². The van der Waals surface area contributed by atoms with Crippen LogP contribution in [0.3, 0.4) is 0 Å². The molecule has 0 amide bonds. The molecular weight excluding hydrogens is 182 g/mol. The van der Waals surface area contributed by atoms with Crippen LogP contribution in [0, 0.1) is 6.92 Å². The molecule has 78 valence electrons. The minimum Gasteiger partial charge on any atom is -0.394 e. The van der Waals surface area contributed by atoms with Gasteiger partial charge in [-0.2, -0.15) is 5.10 Å². The number of aliphatic hydroxyl groups excluding tert-OH is 1. The van der Waals surface area contributed by atoms with E-state index in [0.717, 1.165) is 5.69 Å². The predicted molar refractivity (Wildman–Crippen MR) is 53.1 cm³/mol. The molecule has 0 radical (unpaired) electrons. The van der Waals surface area contributed by atoms with Crippen LogP contribution in [-0.2, 0) is 4.74 Å². The quantitative estimate of drug-likeness (QED) is 0.706. The molecule has 0 aromatic carbocycles. The molecule has 1 rings (SSSR count). The summed E-state index contributed by atoms with van der Waals surface area (Å²) in [5, 5.41) is 19.8. The fourth-order valence-corrected chi connectivity index (χ4v) is 1.03. The zero-order valence-corrected chi connectivity index (χ0v) is 8.40. The minimum absolute atomic E-state index is 0.00337. The van der Waals surface area contributed by atoms with Gasteiger partial charge in [-0.3, -0.25) is 0 Å². The highest BCUT2D eigenvalue weighted by Gasteiger charge is 2.06. The summed E-state index contributed by atoms with van der Waals surface area (Å²) in [5.41, 5.74) is 0.864. The number of anilines is 1. The Morgan fingerprint density at radius 3 is 2.79 bits per heavy atom. The molecule has 0 aliphatic carbocycles. The van der Waals surface area contributed by atoms with E-state index in [0.29, 0.717) is 12.4 Å². The van der Waals surface area contributed by atoms with Crippen molar-refractivity contribution >= 4 is 5.82 Å². The Balaban J connectivity index is 2.53. The first kappa shape index (κ1) is 10.9. The molecule has 0 aliphatic heterocycles. The van der Waals surface area contributed by atoms with Crippen molar-refractivity contribution in [3.8, 4) is 0 Å². The highest BCUT2D eigenvalue weighted by atomic mass is 16.5. The lowest BCUT2D eigenvalue weighted by Gasteiger charge is -2.14. The summed E-state index contributed by atoms with van der Waals surface area (Å²) in [4.78, 5) is 0. The lowest BCUT2D eigenvalue weighted by atomic mass is 10.3. The third-order valence-electron chi connectivity index (χ3n) is 1.74. The molecule has 1 aromatic rings. The second-order valence-corrected chi connectivity index (χ2v) is 3.04. The first-order valence-electron chi connectivity index (χ1n) is 4.43. The molecule has 5 nitrogen and oxygen atoms in total. The van der Waals surface area contributed by atoms with Crippen molar-refractivity contribution in [2.75, 3.05) is 25.6 Å². The summed E-state index contributed by atoms with van der Waals surface area (Å²) in [7, 11) is 1.59. The number of nitrogens with one attached hydrogen (secondary N) is 1. The summed E-state index contributed by atoms with van der Waals surface area (Å²) in [6.45, 7) is 2.31. The van der Waals surface area contributed by atoms with Crippen molar-refractivity contribution in [3.63, 3.8) is 0 Å². The second-order valence-electron chi connectivity index (χ2n) is 3.04. The van der Waals surface area contributed by atoms with Crippen LogP contribution in [0.25, 0.3) is 0 Å². The SMILES string of the molecule is COCC(CO)Nc1ccc(C)nn1. The summed E-state index contributed by atoms with van der Waals surface area (Å²) in [6, 6.07) is 3.54. The molecule has 1 unspecified atom stereocenters. The number of methoxy groups -OCH3 is 1. The fraction of sp³-hybridized carbons (Fsp3) is 0.556. The smallest absolute Gasteiger partial charge is 0.149 e. The van der Waals surface area contributed by atoms with Crippen molar-refractivity contribution in [1.29, 1.82) is 0 Å². The second kappa shape index (κ2) is 5.51. The third-order valence-corrected chi connectivity index (χ3v) is 1.74. The van der Waals surface area contributed by atoms with Gasteiger partial charge in [0, 0.05) is 7.11 Å². The maximum Gasteiger partial charge on any atom is 0.149 e. The van der Waals surface area contributed by atoms with Crippen LogP contribution in [0.4, 0.5) is 5.82 Å². The molecule has 0 saturated heterocycles. The highest BCUT2D eigenvalue weighted by molar-refractivity contribution is 5.34. The van der Waals surface area contributed by atoms with Gasteiger partial charge < -0.3 is 15.2 Å². The lowest BCUT2D eigenvalue weighted by molar-refractivity contribution is 0.153. The largest absolute Gasteiger partial charge is 0.394 e. The summed E-state index contributed by atoms with van der Waals surface area (Å²) in [5.74, 6) is 0.645. The number of nitrogens with zero attached hydrogens (tertiary/aromatic N) is 2. The number of aryl methyl sites for hydroxylation is 1. The van der Waals surface area contributed by atoms with Crippen molar-refractivity contribution in [1.82, 2.24) is 10.2 Å². The normalized spacial score (nSPS) is 12.5. The van der Waals surface area contributed by atoms with Gasteiger partial charge in [0.1, 0.15) is 5.82 Å². The molecular formula is C9H15N3O2. The zero-order valence-electron chi connectivity index (χ0n) is 8.40. The number of rotatable bonds is 5. The van der Waals surface area contributed by atoms with Crippen molar-refractivity contribution in [3.05, 3.63) is 17.8 Å². The Hall–Kier alpha value is -1.20. The Kier molecular flexibility index (Phi) is 4.28. The van der Waals surface area contributed by atoms with Crippen LogP contribution in [0.15, 0.2) is 12.1 Å². The average Bonchev–Trinajstić information content (AvgIpc) is 2.20. The van der Waals surface area contributed by atoms with Crippen LogP contribution in [-0.4, -0.2) is 41.7 Å². The molecule has 0 saturated carbocycles. The molecule has 1 heterocycles. The molecule has 0 fully saturated rings. The van der Waals surface area contributed by atoms with Crippen LogP contribution >= 0.6 is 0 Å². The van der Waals surface area contributed by atoms with E-state index in [1.54, 1.807) is 7.11 Å². The molecule has 0 spiro atoms. The fourth-order valence-electron chi connectivity index (χ4n) is 1.03.